The third-order valence-electron chi connectivity index (χ3n) is 3.66. The van der Waals surface area contributed by atoms with Crippen LogP contribution in [0.2, 0.25) is 0 Å². The van der Waals surface area contributed by atoms with Crippen LogP contribution in [-0.4, -0.2) is 10.9 Å². The minimum atomic E-state index is -2.29. The number of benzene rings is 1. The second-order valence-corrected chi connectivity index (χ2v) is 5.58. The molecule has 3 rings (SSSR count). The van der Waals surface area contributed by atoms with Crippen molar-refractivity contribution in [2.75, 3.05) is 5.32 Å². The standard InChI is InChI=1S/C18H11F5N2O3/c1-8-3-2-6-24-17(8)25-18(26)10-5-4-9(28-10)7-27-16-14(22)12(20)11(19)13(21)15(16)23/h2-6H,7H2,1H3,(H,24,25,26). The highest BCUT2D eigenvalue weighted by Gasteiger charge is 2.27. The molecule has 2 heterocycles. The first kappa shape index (κ1) is 19.3. The summed E-state index contributed by atoms with van der Waals surface area (Å²) in [6.07, 6.45) is 1.48. The SMILES string of the molecule is Cc1cccnc1NC(=O)c1ccc(COc2c(F)c(F)c(F)c(F)c2F)o1. The number of halogens is 5. The van der Waals surface area contributed by atoms with E-state index < -0.39 is 47.3 Å². The number of anilines is 1. The largest absolute Gasteiger partial charge is 0.479 e. The Bertz CT molecular complexity index is 1020. The molecule has 0 radical (unpaired) electrons. The molecule has 0 spiro atoms. The van der Waals surface area contributed by atoms with E-state index in [2.05, 4.69) is 15.0 Å². The lowest BCUT2D eigenvalue weighted by Gasteiger charge is -2.09. The van der Waals surface area contributed by atoms with Crippen LogP contribution in [0.1, 0.15) is 21.9 Å². The monoisotopic (exact) mass is 398 g/mol. The maximum Gasteiger partial charge on any atom is 0.292 e. The Morgan fingerprint density at radius 2 is 1.68 bits per heavy atom. The average Bonchev–Trinajstić information content (AvgIpc) is 3.16. The zero-order chi connectivity index (χ0) is 20.4. The Hall–Kier alpha value is -3.43. The number of aryl methyl sites for hydroxylation is 1. The van der Waals surface area contributed by atoms with Crippen molar-refractivity contribution < 1.29 is 35.9 Å². The van der Waals surface area contributed by atoms with Gasteiger partial charge in [-0.2, -0.15) is 8.78 Å². The molecule has 146 valence electrons. The molecule has 0 saturated carbocycles. The molecule has 10 heteroatoms. The van der Waals surface area contributed by atoms with Crippen LogP contribution in [0.3, 0.4) is 0 Å². The first-order valence-electron chi connectivity index (χ1n) is 7.75. The molecule has 0 aliphatic rings. The van der Waals surface area contributed by atoms with Crippen LogP contribution < -0.4 is 10.1 Å². The molecular formula is C18H11F5N2O3. The Kier molecular flexibility index (Phi) is 5.30. The summed E-state index contributed by atoms with van der Waals surface area (Å²) >= 11 is 0. The van der Waals surface area contributed by atoms with Gasteiger partial charge in [-0.3, -0.25) is 4.79 Å². The first-order chi connectivity index (χ1) is 13.3. The molecule has 0 bridgehead atoms. The molecule has 0 fully saturated rings. The second kappa shape index (κ2) is 7.67. The summed E-state index contributed by atoms with van der Waals surface area (Å²) in [5, 5.41) is 2.51. The number of nitrogens with zero attached hydrogens (tertiary/aromatic N) is 1. The van der Waals surface area contributed by atoms with E-state index in [1.54, 1.807) is 19.1 Å². The van der Waals surface area contributed by atoms with E-state index in [1.165, 1.54) is 18.3 Å². The van der Waals surface area contributed by atoms with Crippen LogP contribution in [-0.2, 0) is 6.61 Å². The van der Waals surface area contributed by atoms with Crippen molar-refractivity contribution >= 4 is 11.7 Å². The summed E-state index contributed by atoms with van der Waals surface area (Å²) in [6, 6.07) is 5.93. The molecular weight excluding hydrogens is 387 g/mol. The number of carbonyl (C=O) groups excluding carboxylic acids is 1. The van der Waals surface area contributed by atoms with Crippen molar-refractivity contribution in [1.29, 1.82) is 0 Å². The number of pyridine rings is 1. The van der Waals surface area contributed by atoms with Gasteiger partial charge in [0.15, 0.2) is 11.5 Å². The van der Waals surface area contributed by atoms with Gasteiger partial charge in [0.25, 0.3) is 5.91 Å². The third-order valence-corrected chi connectivity index (χ3v) is 3.66. The van der Waals surface area contributed by atoms with E-state index in [-0.39, 0.29) is 11.5 Å². The molecule has 3 aromatic rings. The highest BCUT2D eigenvalue weighted by molar-refractivity contribution is 6.02. The van der Waals surface area contributed by atoms with E-state index in [0.717, 1.165) is 0 Å². The summed E-state index contributed by atoms with van der Waals surface area (Å²) in [7, 11) is 0. The molecule has 0 atom stereocenters. The van der Waals surface area contributed by atoms with Crippen molar-refractivity contribution in [3.63, 3.8) is 0 Å². The quantitative estimate of drug-likeness (QED) is 0.390. The predicted octanol–water partition coefficient (Wildman–Crippen LogP) is 4.51. The molecule has 1 N–H and O–H groups in total. The van der Waals surface area contributed by atoms with Crippen LogP contribution in [0.15, 0.2) is 34.9 Å². The topological polar surface area (TPSA) is 64.4 Å². The number of hydrogen-bond donors (Lipinski definition) is 1. The maximum atomic E-state index is 13.6. The number of amides is 1. The van der Waals surface area contributed by atoms with Gasteiger partial charge in [-0.1, -0.05) is 6.07 Å². The van der Waals surface area contributed by atoms with Gasteiger partial charge in [0, 0.05) is 6.20 Å². The van der Waals surface area contributed by atoms with Crippen LogP contribution in [0.25, 0.3) is 0 Å². The highest BCUT2D eigenvalue weighted by atomic mass is 19.2. The molecule has 28 heavy (non-hydrogen) atoms. The number of furan rings is 1. The highest BCUT2D eigenvalue weighted by Crippen LogP contribution is 2.29. The molecule has 0 saturated heterocycles. The molecule has 2 aromatic heterocycles. The van der Waals surface area contributed by atoms with Gasteiger partial charge in [-0.05, 0) is 30.7 Å². The maximum absolute atomic E-state index is 13.6. The minimum Gasteiger partial charge on any atom is -0.479 e. The smallest absolute Gasteiger partial charge is 0.292 e. The van der Waals surface area contributed by atoms with Crippen molar-refractivity contribution in [3.8, 4) is 5.75 Å². The number of rotatable bonds is 5. The van der Waals surface area contributed by atoms with Crippen molar-refractivity contribution in [3.05, 3.63) is 76.6 Å². The third kappa shape index (κ3) is 3.66. The Morgan fingerprint density at radius 1 is 1.04 bits per heavy atom. The Balaban J connectivity index is 1.72. The number of hydrogen-bond acceptors (Lipinski definition) is 4. The summed E-state index contributed by atoms with van der Waals surface area (Å²) < 4.78 is 76.3. The van der Waals surface area contributed by atoms with E-state index in [4.69, 9.17) is 4.42 Å². The molecule has 0 aliphatic heterocycles. The fraction of sp³-hybridized carbons (Fsp3) is 0.111. The molecule has 1 aromatic carbocycles. The van der Waals surface area contributed by atoms with Gasteiger partial charge < -0.3 is 14.5 Å². The van der Waals surface area contributed by atoms with Crippen LogP contribution in [0, 0.1) is 36.0 Å². The lowest BCUT2D eigenvalue weighted by Crippen LogP contribution is -2.13. The van der Waals surface area contributed by atoms with Crippen molar-refractivity contribution in [2.45, 2.75) is 13.5 Å². The first-order valence-corrected chi connectivity index (χ1v) is 7.75. The predicted molar refractivity (Wildman–Crippen MR) is 86.2 cm³/mol. The number of nitrogens with one attached hydrogen (secondary N) is 1. The van der Waals surface area contributed by atoms with E-state index >= 15 is 0 Å². The summed E-state index contributed by atoms with van der Waals surface area (Å²) in [5.74, 6) is -12.8. The fourth-order valence-corrected chi connectivity index (χ4v) is 2.22. The Morgan fingerprint density at radius 3 is 2.32 bits per heavy atom. The Labute approximate surface area is 154 Å². The fourth-order valence-electron chi connectivity index (χ4n) is 2.22. The average molecular weight is 398 g/mol. The van der Waals surface area contributed by atoms with E-state index in [1.807, 2.05) is 0 Å². The van der Waals surface area contributed by atoms with Crippen LogP contribution >= 0.6 is 0 Å². The zero-order valence-electron chi connectivity index (χ0n) is 14.2. The normalized spacial score (nSPS) is 10.8. The second-order valence-electron chi connectivity index (χ2n) is 5.58. The molecule has 1 amide bonds. The van der Waals surface area contributed by atoms with Gasteiger partial charge in [0.1, 0.15) is 18.2 Å². The van der Waals surface area contributed by atoms with Gasteiger partial charge >= 0.3 is 0 Å². The van der Waals surface area contributed by atoms with Crippen LogP contribution in [0.5, 0.6) is 5.75 Å². The summed E-state index contributed by atoms with van der Waals surface area (Å²) in [5.41, 5.74) is 0.706. The molecule has 0 aliphatic carbocycles. The zero-order valence-corrected chi connectivity index (χ0v) is 14.2. The number of carbonyl (C=O) groups is 1. The van der Waals surface area contributed by atoms with E-state index in [0.29, 0.717) is 11.4 Å². The van der Waals surface area contributed by atoms with Gasteiger partial charge in [-0.15, -0.1) is 0 Å². The van der Waals surface area contributed by atoms with E-state index in [9.17, 15) is 26.7 Å². The summed E-state index contributed by atoms with van der Waals surface area (Å²) in [4.78, 5) is 16.1. The molecule has 5 nitrogen and oxygen atoms in total. The van der Waals surface area contributed by atoms with Crippen LogP contribution in [0.4, 0.5) is 27.8 Å². The molecule has 0 unspecified atom stereocenters. The lowest BCUT2D eigenvalue weighted by molar-refractivity contribution is 0.0991. The number of ether oxygens (including phenoxy) is 1. The summed E-state index contributed by atoms with van der Waals surface area (Å²) in [6.45, 7) is 1.06. The van der Waals surface area contributed by atoms with Gasteiger partial charge in [0.2, 0.25) is 29.1 Å². The van der Waals surface area contributed by atoms with Crippen molar-refractivity contribution in [1.82, 2.24) is 4.98 Å². The van der Waals surface area contributed by atoms with Crippen molar-refractivity contribution in [2.24, 2.45) is 0 Å². The lowest BCUT2D eigenvalue weighted by atomic mass is 10.2. The minimum absolute atomic E-state index is 0.0770. The number of aromatic nitrogens is 1. The van der Waals surface area contributed by atoms with Gasteiger partial charge in [-0.25, -0.2) is 18.2 Å². The van der Waals surface area contributed by atoms with Gasteiger partial charge in [0.05, 0.1) is 0 Å².